The summed E-state index contributed by atoms with van der Waals surface area (Å²) in [5.41, 5.74) is 4.85. The fourth-order valence-electron chi connectivity index (χ4n) is 10.7. The van der Waals surface area contributed by atoms with E-state index in [1.165, 1.54) is 0 Å². The number of amides is 2. The topological polar surface area (TPSA) is 126 Å². The van der Waals surface area contributed by atoms with Crippen molar-refractivity contribution in [2.45, 2.75) is 92.8 Å². The average molecular weight is 864 g/mol. The Bertz CT molecular complexity index is 2230. The lowest BCUT2D eigenvalue weighted by Gasteiger charge is -2.63. The zero-order chi connectivity index (χ0) is 42.5. The molecule has 0 radical (unpaired) electrons. The van der Waals surface area contributed by atoms with Crippen molar-refractivity contribution in [2.24, 2.45) is 16.7 Å². The van der Waals surface area contributed by atoms with Crippen molar-refractivity contribution in [1.29, 1.82) is 5.26 Å². The predicted octanol–water partition coefficient (Wildman–Crippen LogP) is 8.29. The lowest BCUT2D eigenvalue weighted by molar-refractivity contribution is -0.164. The molecule has 3 aromatic rings. The van der Waals surface area contributed by atoms with Crippen LogP contribution in [0.1, 0.15) is 106 Å². The Kier molecular flexibility index (Phi) is 13.7. The van der Waals surface area contributed by atoms with Crippen LogP contribution in [0.15, 0.2) is 67.2 Å². The number of anilines is 2. The molecule has 1 atom stereocenters. The van der Waals surface area contributed by atoms with Gasteiger partial charge in [-0.05, 0) is 90.9 Å². The Morgan fingerprint density at radius 1 is 0.855 bits per heavy atom. The van der Waals surface area contributed by atoms with E-state index in [2.05, 4.69) is 78.6 Å². The van der Waals surface area contributed by atoms with Gasteiger partial charge in [-0.3, -0.25) is 24.1 Å². The summed E-state index contributed by atoms with van der Waals surface area (Å²) in [6.45, 7) is 19.8. The van der Waals surface area contributed by atoms with Gasteiger partial charge < -0.3 is 24.8 Å². The predicted molar refractivity (Wildman–Crippen MR) is 247 cm³/mol. The maximum Gasteiger partial charge on any atom is 0.255 e. The maximum atomic E-state index is 13.5. The van der Waals surface area contributed by atoms with Gasteiger partial charge in [0.25, 0.3) is 11.8 Å². The number of nitrogens with one attached hydrogen (secondary N) is 1. The van der Waals surface area contributed by atoms with Crippen LogP contribution in [0.5, 0.6) is 5.75 Å². The number of halogens is 1. The standard InChI is InChI=1S/C48H55ClN6O5.2CH4/c1-30-28-55(41-15-12-36(56)25-42(41)57)44(59)38-14-11-35(24-39(30)38)54-22-20-52(21-23-54)29-31-16-18-53(19-17-31)34-9-6-32(7-10-34)43(58)51-45-47(2,3)46(48(45,4)5)60-37-13-8-33(27-50)40(49)26-37;;/h6-11,13-14,24,26,31,41,45-46H,1,12,15-23,25,28-29H2,2-5H3,(H,51,58);2*1H4. The van der Waals surface area contributed by atoms with Gasteiger partial charge in [-0.1, -0.05) is 60.7 Å². The summed E-state index contributed by atoms with van der Waals surface area (Å²) in [6, 6.07) is 20.5. The van der Waals surface area contributed by atoms with Crippen molar-refractivity contribution in [2.75, 3.05) is 62.2 Å². The number of hydrogen-bond donors (Lipinski definition) is 1. The van der Waals surface area contributed by atoms with Crippen molar-refractivity contribution < 1.29 is 23.9 Å². The Hall–Kier alpha value is -5.18. The number of piperazine rings is 1. The van der Waals surface area contributed by atoms with Gasteiger partial charge in [-0.2, -0.15) is 5.26 Å². The quantitative estimate of drug-likeness (QED) is 0.212. The molecule has 8 rings (SSSR count). The molecule has 3 aromatic carbocycles. The van der Waals surface area contributed by atoms with Crippen LogP contribution in [-0.4, -0.2) is 104 Å². The van der Waals surface area contributed by atoms with E-state index in [9.17, 15) is 24.4 Å². The molecule has 5 aliphatic rings. The van der Waals surface area contributed by atoms with Gasteiger partial charge in [0, 0.05) is 104 Å². The molecule has 2 aliphatic carbocycles. The number of carbonyl (C=O) groups excluding carboxylic acids is 4. The van der Waals surface area contributed by atoms with E-state index in [0.717, 1.165) is 81.2 Å². The Morgan fingerprint density at radius 2 is 1.50 bits per heavy atom. The molecule has 2 saturated carbocycles. The number of ketones is 2. The van der Waals surface area contributed by atoms with Crippen molar-refractivity contribution >= 4 is 51.9 Å². The van der Waals surface area contributed by atoms with Gasteiger partial charge in [0.1, 0.15) is 23.7 Å². The molecule has 0 aromatic heterocycles. The highest BCUT2D eigenvalue weighted by Gasteiger charge is 2.64. The molecule has 0 bridgehead atoms. The minimum Gasteiger partial charge on any atom is -0.489 e. The van der Waals surface area contributed by atoms with Crippen LogP contribution in [-0.2, 0) is 9.59 Å². The smallest absolute Gasteiger partial charge is 0.255 e. The zero-order valence-corrected chi connectivity index (χ0v) is 35.9. The highest BCUT2D eigenvalue weighted by Crippen LogP contribution is 2.55. The lowest BCUT2D eigenvalue weighted by Crippen LogP contribution is -2.74. The number of nitriles is 1. The zero-order valence-electron chi connectivity index (χ0n) is 35.1. The summed E-state index contributed by atoms with van der Waals surface area (Å²) in [6.07, 6.45) is 2.70. The normalized spacial score (nSPS) is 23.6. The molecular formula is C50H63ClN6O5. The van der Waals surface area contributed by atoms with Crippen LogP contribution >= 0.6 is 11.6 Å². The SMILES string of the molecule is C.C.C=C1CN(C2CCC(=O)CC2=O)C(=O)c2ccc(N3CCN(CC4CCN(c5ccc(C(=O)NC6C(C)(C)C(Oc7ccc(C#N)c(Cl)c7)C6(C)C)cc5)CC4)CC3)cc21. The molecule has 2 saturated heterocycles. The lowest BCUT2D eigenvalue weighted by atomic mass is 9.49. The van der Waals surface area contributed by atoms with Gasteiger partial charge in [0.2, 0.25) is 0 Å². The Labute approximate surface area is 373 Å². The summed E-state index contributed by atoms with van der Waals surface area (Å²) >= 11 is 6.26. The highest BCUT2D eigenvalue weighted by molar-refractivity contribution is 6.31. The molecule has 330 valence electrons. The molecule has 1 unspecified atom stereocenters. The first kappa shape index (κ1) is 46.3. The van der Waals surface area contributed by atoms with E-state index >= 15 is 0 Å². The van der Waals surface area contributed by atoms with Crippen molar-refractivity contribution in [3.05, 3.63) is 94.5 Å². The summed E-state index contributed by atoms with van der Waals surface area (Å²) in [5, 5.41) is 12.9. The average Bonchev–Trinajstić information content (AvgIpc) is 3.23. The van der Waals surface area contributed by atoms with Crippen LogP contribution in [0.3, 0.4) is 0 Å². The van der Waals surface area contributed by atoms with Crippen molar-refractivity contribution in [3.63, 3.8) is 0 Å². The summed E-state index contributed by atoms with van der Waals surface area (Å²) < 4.78 is 6.39. The second-order valence-electron chi connectivity index (χ2n) is 18.6. The summed E-state index contributed by atoms with van der Waals surface area (Å²) in [4.78, 5) is 60.4. The number of fused-ring (bicyclic) bond motifs is 1. The van der Waals surface area contributed by atoms with E-state index in [1.807, 2.05) is 24.3 Å². The molecule has 4 fully saturated rings. The maximum absolute atomic E-state index is 13.5. The largest absolute Gasteiger partial charge is 0.489 e. The number of carbonyl (C=O) groups is 4. The van der Waals surface area contributed by atoms with Crippen LogP contribution < -0.4 is 19.9 Å². The van der Waals surface area contributed by atoms with Crippen LogP contribution in [0.4, 0.5) is 11.4 Å². The molecule has 11 nitrogen and oxygen atoms in total. The highest BCUT2D eigenvalue weighted by atomic mass is 35.5. The van der Waals surface area contributed by atoms with E-state index in [-0.39, 0.29) is 67.6 Å². The number of hydrogen-bond acceptors (Lipinski definition) is 9. The van der Waals surface area contributed by atoms with E-state index in [0.29, 0.717) is 52.8 Å². The van der Waals surface area contributed by atoms with Gasteiger partial charge >= 0.3 is 0 Å². The number of piperidine rings is 1. The third-order valence-corrected chi connectivity index (χ3v) is 14.2. The van der Waals surface area contributed by atoms with Gasteiger partial charge in [-0.25, -0.2) is 0 Å². The Morgan fingerprint density at radius 3 is 2.13 bits per heavy atom. The minimum atomic E-state index is -0.549. The monoisotopic (exact) mass is 862 g/mol. The third-order valence-electron chi connectivity index (χ3n) is 13.8. The van der Waals surface area contributed by atoms with Gasteiger partial charge in [-0.15, -0.1) is 0 Å². The number of benzene rings is 3. The minimum absolute atomic E-state index is 0. The van der Waals surface area contributed by atoms with Crippen molar-refractivity contribution in [3.8, 4) is 11.8 Å². The summed E-state index contributed by atoms with van der Waals surface area (Å²) in [5.74, 6) is 0.768. The first-order chi connectivity index (χ1) is 28.6. The number of Topliss-reactive ketones (excluding diaryl/α,β-unsaturated/α-hetero) is 2. The summed E-state index contributed by atoms with van der Waals surface area (Å²) in [7, 11) is 0. The van der Waals surface area contributed by atoms with Crippen LogP contribution in [0.25, 0.3) is 5.57 Å². The van der Waals surface area contributed by atoms with Gasteiger partial charge in [0.05, 0.1) is 23.0 Å². The Balaban J connectivity index is 0.00000321. The molecule has 1 N–H and O–H groups in total. The number of nitrogens with zero attached hydrogens (tertiary/aromatic N) is 5. The van der Waals surface area contributed by atoms with Crippen molar-refractivity contribution in [1.82, 2.24) is 15.1 Å². The van der Waals surface area contributed by atoms with E-state index < -0.39 is 6.04 Å². The second kappa shape index (κ2) is 18.3. The third kappa shape index (κ3) is 8.87. The molecular weight excluding hydrogens is 800 g/mol. The second-order valence-corrected chi connectivity index (χ2v) is 19.0. The fraction of sp³-hybridized carbons (Fsp3) is 0.500. The molecule has 12 heteroatoms. The number of ether oxygens (including phenoxy) is 1. The molecule has 3 aliphatic heterocycles. The first-order valence-corrected chi connectivity index (χ1v) is 21.7. The number of rotatable bonds is 9. The van der Waals surface area contributed by atoms with Crippen LogP contribution in [0, 0.1) is 28.1 Å². The molecule has 62 heavy (non-hydrogen) atoms. The van der Waals surface area contributed by atoms with E-state index in [1.54, 1.807) is 23.1 Å². The molecule has 0 spiro atoms. The van der Waals surface area contributed by atoms with Crippen LogP contribution in [0.2, 0.25) is 5.02 Å². The first-order valence-electron chi connectivity index (χ1n) is 21.3. The molecule has 3 heterocycles. The van der Waals surface area contributed by atoms with E-state index in [4.69, 9.17) is 16.3 Å². The fourth-order valence-corrected chi connectivity index (χ4v) is 10.9. The molecule has 2 amide bonds. The van der Waals surface area contributed by atoms with Gasteiger partial charge in [0.15, 0.2) is 5.78 Å².